The van der Waals surface area contributed by atoms with Crippen LogP contribution in [0.1, 0.15) is 44.6 Å². The smallest absolute Gasteiger partial charge is 0.0177 e. The van der Waals surface area contributed by atoms with Crippen molar-refractivity contribution in [3.8, 4) is 0 Å². The van der Waals surface area contributed by atoms with Crippen molar-refractivity contribution >= 4 is 15.9 Å². The highest BCUT2D eigenvalue weighted by molar-refractivity contribution is 9.10. The minimum absolute atomic E-state index is 0.745. The normalized spacial score (nSPS) is 24.8. The summed E-state index contributed by atoms with van der Waals surface area (Å²) in [4.78, 5) is 0. The molecule has 1 fully saturated rings. The first-order valence-corrected chi connectivity index (χ1v) is 8.05. The molecule has 0 saturated heterocycles. The molecule has 2 rings (SSSR count). The van der Waals surface area contributed by atoms with Crippen LogP contribution >= 0.6 is 15.9 Å². The summed E-state index contributed by atoms with van der Waals surface area (Å²) in [5, 5.41) is 3.64. The van der Waals surface area contributed by atoms with Gasteiger partial charge in [-0.15, -0.1) is 0 Å². The number of hydrogen-bond acceptors (Lipinski definition) is 1. The van der Waals surface area contributed by atoms with Crippen LogP contribution in [0.4, 0.5) is 0 Å². The number of rotatable bonds is 4. The monoisotopic (exact) mass is 309 g/mol. The fraction of sp³-hybridized carbons (Fsp3) is 0.625. The molecule has 1 saturated carbocycles. The molecule has 0 radical (unpaired) electrons. The van der Waals surface area contributed by atoms with Gasteiger partial charge in [0.1, 0.15) is 0 Å². The lowest BCUT2D eigenvalue weighted by atomic mass is 9.91. The molecule has 0 heterocycles. The van der Waals surface area contributed by atoms with E-state index in [1.165, 1.54) is 48.6 Å². The molecule has 18 heavy (non-hydrogen) atoms. The SMILES string of the molecule is CCNC1CCCCC(Cc2cccc(Br)c2)C1. The zero-order valence-electron chi connectivity index (χ0n) is 11.3. The van der Waals surface area contributed by atoms with Gasteiger partial charge in [0.05, 0.1) is 0 Å². The van der Waals surface area contributed by atoms with Crippen molar-refractivity contribution in [1.82, 2.24) is 5.32 Å². The Morgan fingerprint density at radius 3 is 2.89 bits per heavy atom. The van der Waals surface area contributed by atoms with Crippen LogP contribution in [0.25, 0.3) is 0 Å². The Balaban J connectivity index is 1.94. The highest BCUT2D eigenvalue weighted by Crippen LogP contribution is 2.27. The summed E-state index contributed by atoms with van der Waals surface area (Å²) in [6.45, 7) is 3.32. The van der Waals surface area contributed by atoms with E-state index in [1.807, 2.05) is 0 Å². The number of hydrogen-bond donors (Lipinski definition) is 1. The quantitative estimate of drug-likeness (QED) is 0.805. The van der Waals surface area contributed by atoms with Crippen LogP contribution in [-0.4, -0.2) is 12.6 Å². The number of halogens is 1. The van der Waals surface area contributed by atoms with E-state index in [2.05, 4.69) is 52.4 Å². The first-order chi connectivity index (χ1) is 8.78. The topological polar surface area (TPSA) is 12.0 Å². The first-order valence-electron chi connectivity index (χ1n) is 7.25. The van der Waals surface area contributed by atoms with E-state index in [4.69, 9.17) is 0 Å². The molecule has 1 aliphatic carbocycles. The summed E-state index contributed by atoms with van der Waals surface area (Å²) in [5.74, 6) is 0.853. The largest absolute Gasteiger partial charge is 0.314 e. The van der Waals surface area contributed by atoms with E-state index in [9.17, 15) is 0 Å². The minimum atomic E-state index is 0.745. The summed E-state index contributed by atoms with van der Waals surface area (Å²) in [7, 11) is 0. The molecule has 0 amide bonds. The van der Waals surface area contributed by atoms with E-state index in [0.717, 1.165) is 18.5 Å². The third-order valence-electron chi connectivity index (χ3n) is 3.94. The van der Waals surface area contributed by atoms with E-state index >= 15 is 0 Å². The van der Waals surface area contributed by atoms with Gasteiger partial charge in [-0.2, -0.15) is 0 Å². The molecule has 0 aliphatic heterocycles. The predicted octanol–water partition coefficient (Wildman–Crippen LogP) is 4.55. The lowest BCUT2D eigenvalue weighted by molar-refractivity contribution is 0.389. The molecule has 2 heteroatoms. The summed E-state index contributed by atoms with van der Waals surface area (Å²) >= 11 is 3.57. The van der Waals surface area contributed by atoms with Crippen LogP contribution in [0, 0.1) is 5.92 Å². The Morgan fingerprint density at radius 1 is 1.28 bits per heavy atom. The number of benzene rings is 1. The maximum Gasteiger partial charge on any atom is 0.0177 e. The average Bonchev–Trinajstić information content (AvgIpc) is 2.55. The van der Waals surface area contributed by atoms with E-state index in [0.29, 0.717) is 0 Å². The molecule has 100 valence electrons. The third kappa shape index (κ3) is 4.40. The molecule has 0 aromatic heterocycles. The molecular weight excluding hydrogens is 286 g/mol. The third-order valence-corrected chi connectivity index (χ3v) is 4.43. The second-order valence-electron chi connectivity index (χ2n) is 5.47. The summed E-state index contributed by atoms with van der Waals surface area (Å²) < 4.78 is 1.21. The van der Waals surface area contributed by atoms with Gasteiger partial charge in [0.15, 0.2) is 0 Å². The molecule has 0 spiro atoms. The second-order valence-corrected chi connectivity index (χ2v) is 6.39. The standard InChI is InChI=1S/C16H24BrN/c1-2-18-16-9-4-3-6-14(12-16)10-13-7-5-8-15(17)11-13/h5,7-8,11,14,16,18H,2-4,6,9-10,12H2,1H3. The molecule has 1 aromatic carbocycles. The molecule has 2 unspecified atom stereocenters. The maximum atomic E-state index is 3.64. The average molecular weight is 310 g/mol. The van der Waals surface area contributed by atoms with Crippen molar-refractivity contribution in [3.05, 3.63) is 34.3 Å². The van der Waals surface area contributed by atoms with Gasteiger partial charge in [-0.05, 0) is 49.4 Å². The molecule has 0 bridgehead atoms. The lowest BCUT2D eigenvalue weighted by Gasteiger charge is -2.20. The van der Waals surface area contributed by atoms with E-state index < -0.39 is 0 Å². The van der Waals surface area contributed by atoms with Crippen molar-refractivity contribution in [3.63, 3.8) is 0 Å². The zero-order valence-corrected chi connectivity index (χ0v) is 12.9. The second kappa shape index (κ2) is 7.30. The zero-order chi connectivity index (χ0) is 12.8. The van der Waals surface area contributed by atoms with Crippen LogP contribution in [0.2, 0.25) is 0 Å². The molecular formula is C16H24BrN. The molecule has 1 N–H and O–H groups in total. The van der Waals surface area contributed by atoms with Crippen LogP contribution in [0.3, 0.4) is 0 Å². The molecule has 1 nitrogen and oxygen atoms in total. The van der Waals surface area contributed by atoms with Crippen molar-refractivity contribution in [1.29, 1.82) is 0 Å². The van der Waals surface area contributed by atoms with Gasteiger partial charge in [0.25, 0.3) is 0 Å². The Morgan fingerprint density at radius 2 is 2.11 bits per heavy atom. The fourth-order valence-electron chi connectivity index (χ4n) is 3.12. The van der Waals surface area contributed by atoms with Gasteiger partial charge in [-0.25, -0.2) is 0 Å². The first kappa shape index (κ1) is 14.1. The van der Waals surface area contributed by atoms with Crippen molar-refractivity contribution < 1.29 is 0 Å². The van der Waals surface area contributed by atoms with Gasteiger partial charge in [-0.3, -0.25) is 0 Å². The van der Waals surface area contributed by atoms with Gasteiger partial charge in [-0.1, -0.05) is 54.2 Å². The fourth-order valence-corrected chi connectivity index (χ4v) is 3.57. The van der Waals surface area contributed by atoms with Crippen molar-refractivity contribution in [2.24, 2.45) is 5.92 Å². The highest BCUT2D eigenvalue weighted by atomic mass is 79.9. The van der Waals surface area contributed by atoms with Gasteiger partial charge >= 0.3 is 0 Å². The summed E-state index contributed by atoms with van der Waals surface area (Å²) in [5.41, 5.74) is 1.48. The van der Waals surface area contributed by atoms with E-state index in [-0.39, 0.29) is 0 Å². The van der Waals surface area contributed by atoms with Crippen molar-refractivity contribution in [2.75, 3.05) is 6.54 Å². The van der Waals surface area contributed by atoms with Gasteiger partial charge in [0.2, 0.25) is 0 Å². The maximum absolute atomic E-state index is 3.64. The summed E-state index contributed by atoms with van der Waals surface area (Å²) in [6.07, 6.45) is 8.14. The molecule has 2 atom stereocenters. The molecule has 1 aromatic rings. The van der Waals surface area contributed by atoms with Crippen LogP contribution < -0.4 is 5.32 Å². The van der Waals surface area contributed by atoms with Crippen LogP contribution in [0.15, 0.2) is 28.7 Å². The van der Waals surface area contributed by atoms with E-state index in [1.54, 1.807) is 0 Å². The minimum Gasteiger partial charge on any atom is -0.314 e. The Bertz CT molecular complexity index is 364. The molecule has 1 aliphatic rings. The van der Waals surface area contributed by atoms with Gasteiger partial charge < -0.3 is 5.32 Å². The van der Waals surface area contributed by atoms with Crippen LogP contribution in [0.5, 0.6) is 0 Å². The Hall–Kier alpha value is -0.340. The van der Waals surface area contributed by atoms with Crippen LogP contribution in [-0.2, 0) is 6.42 Å². The van der Waals surface area contributed by atoms with Crippen molar-refractivity contribution in [2.45, 2.75) is 51.5 Å². The number of nitrogens with one attached hydrogen (secondary N) is 1. The highest BCUT2D eigenvalue weighted by Gasteiger charge is 2.19. The Labute approximate surface area is 119 Å². The lowest BCUT2D eigenvalue weighted by Crippen LogP contribution is -2.30. The summed E-state index contributed by atoms with van der Waals surface area (Å²) in [6, 6.07) is 9.54. The predicted molar refractivity (Wildman–Crippen MR) is 81.9 cm³/mol. The Kier molecular flexibility index (Phi) is 5.71. The van der Waals surface area contributed by atoms with Gasteiger partial charge in [0, 0.05) is 10.5 Å².